The molecule has 39 heavy (non-hydrogen) atoms. The van der Waals surface area contributed by atoms with E-state index in [1.165, 1.54) is 0 Å². The second-order valence-electron chi connectivity index (χ2n) is 12.7. The summed E-state index contributed by atoms with van der Waals surface area (Å²) >= 11 is 1.04. The van der Waals surface area contributed by atoms with Crippen molar-refractivity contribution in [1.29, 1.82) is 0 Å². The largest absolute Gasteiger partial charge is 0.461 e. The second-order valence-corrected chi connectivity index (χ2v) is 13.7. The van der Waals surface area contributed by atoms with E-state index in [0.717, 1.165) is 31.0 Å². The van der Waals surface area contributed by atoms with Crippen molar-refractivity contribution in [1.82, 2.24) is 5.32 Å². The van der Waals surface area contributed by atoms with Gasteiger partial charge in [0, 0.05) is 43.3 Å². The minimum atomic E-state index is -0.726. The highest BCUT2D eigenvalue weighted by atomic mass is 32.2. The first kappa shape index (κ1) is 30.0. The number of thioether (sulfide) groups is 1. The monoisotopic (exact) mass is 560 g/mol. The van der Waals surface area contributed by atoms with Crippen LogP contribution in [0.15, 0.2) is 27.1 Å². The van der Waals surface area contributed by atoms with E-state index < -0.39 is 39.9 Å². The summed E-state index contributed by atoms with van der Waals surface area (Å²) in [5, 5.41) is 14.7. The number of hydrogen-bond donors (Lipinski definition) is 2. The molecule has 0 saturated heterocycles. The van der Waals surface area contributed by atoms with Gasteiger partial charge in [-0.3, -0.25) is 19.2 Å². The molecule has 0 heterocycles. The first-order valence-electron chi connectivity index (χ1n) is 14.1. The third-order valence-corrected chi connectivity index (χ3v) is 11.9. The predicted molar refractivity (Wildman–Crippen MR) is 154 cm³/mol. The molecule has 0 aliphatic heterocycles. The van der Waals surface area contributed by atoms with E-state index >= 15 is 0 Å². The number of carbonyl (C=O) groups excluding carboxylic acids is 2. The van der Waals surface area contributed by atoms with Crippen molar-refractivity contribution in [3.8, 4) is 0 Å². The minimum Gasteiger partial charge on any atom is -0.461 e. The number of nitrogens with zero attached hydrogens (tertiary/aromatic N) is 1. The highest BCUT2D eigenvalue weighted by Crippen LogP contribution is 2.68. The van der Waals surface area contributed by atoms with Crippen LogP contribution < -0.4 is 21.1 Å². The minimum absolute atomic E-state index is 0.0941. The number of ether oxygens (including phenoxy) is 1. The molecular formula is C30H44N2O6S. The molecule has 8 atom stereocenters. The van der Waals surface area contributed by atoms with E-state index in [0.29, 0.717) is 31.6 Å². The van der Waals surface area contributed by atoms with Crippen molar-refractivity contribution >= 4 is 29.2 Å². The molecule has 3 saturated carbocycles. The zero-order valence-electron chi connectivity index (χ0n) is 24.2. The number of ketones is 1. The van der Waals surface area contributed by atoms with Crippen molar-refractivity contribution < 1.29 is 19.4 Å². The molecule has 0 aromatic heterocycles. The van der Waals surface area contributed by atoms with E-state index in [9.17, 15) is 24.3 Å². The predicted octanol–water partition coefficient (Wildman–Crippen LogP) is 2.94. The molecular weight excluding hydrogens is 516 g/mol. The summed E-state index contributed by atoms with van der Waals surface area (Å²) < 4.78 is 6.25. The van der Waals surface area contributed by atoms with Crippen molar-refractivity contribution in [3.63, 3.8) is 0 Å². The summed E-state index contributed by atoms with van der Waals surface area (Å²) in [4.78, 5) is 53.5. The number of anilines is 1. The highest BCUT2D eigenvalue weighted by Gasteiger charge is 2.68. The zero-order valence-corrected chi connectivity index (χ0v) is 25.0. The molecule has 0 amide bonds. The summed E-state index contributed by atoms with van der Waals surface area (Å²) in [5.41, 5.74) is -2.40. The SMILES string of the molecule is C=C[C@]1(C)C[C@@H](OC(=O)CSc2c(N(C)CCNC)c(=O)c2=O)[C@]2(C)[C@H](C)CC[C@]3(CCC(=O)[C@H]32)[C@@H](C)[C@@H]1O. The first-order chi connectivity index (χ1) is 18.3. The number of aliphatic hydroxyl groups is 1. The molecule has 2 bridgehead atoms. The fraction of sp³-hybridized carbons (Fsp3) is 0.733. The Hall–Kier alpha value is -1.97. The highest BCUT2D eigenvalue weighted by molar-refractivity contribution is 8.00. The maximum atomic E-state index is 13.5. The van der Waals surface area contributed by atoms with Gasteiger partial charge in [-0.15, -0.1) is 18.3 Å². The smallest absolute Gasteiger partial charge is 0.316 e. The quantitative estimate of drug-likeness (QED) is 0.204. The van der Waals surface area contributed by atoms with Gasteiger partial charge >= 0.3 is 5.97 Å². The summed E-state index contributed by atoms with van der Waals surface area (Å²) in [6, 6.07) is 0. The van der Waals surface area contributed by atoms with Gasteiger partial charge in [-0.05, 0) is 50.0 Å². The van der Waals surface area contributed by atoms with Crippen LogP contribution in [0.2, 0.25) is 0 Å². The van der Waals surface area contributed by atoms with Crippen LogP contribution >= 0.6 is 11.8 Å². The Morgan fingerprint density at radius 2 is 1.92 bits per heavy atom. The lowest BCUT2D eigenvalue weighted by atomic mass is 9.44. The van der Waals surface area contributed by atoms with Gasteiger partial charge in [-0.1, -0.05) is 33.8 Å². The third kappa shape index (κ3) is 4.62. The zero-order chi connectivity index (χ0) is 28.9. The van der Waals surface area contributed by atoms with Crippen LogP contribution in [-0.4, -0.2) is 62.0 Å². The normalized spacial score (nSPS) is 38.1. The Bertz CT molecular complexity index is 1210. The topological polar surface area (TPSA) is 113 Å². The number of carbonyl (C=O) groups is 2. The molecule has 3 aliphatic rings. The van der Waals surface area contributed by atoms with E-state index in [1.54, 1.807) is 18.0 Å². The van der Waals surface area contributed by atoms with Crippen molar-refractivity contribution in [2.75, 3.05) is 37.8 Å². The van der Waals surface area contributed by atoms with Crippen molar-refractivity contribution in [2.45, 2.75) is 76.9 Å². The molecule has 0 spiro atoms. The van der Waals surface area contributed by atoms with Crippen LogP contribution in [0.1, 0.15) is 59.8 Å². The van der Waals surface area contributed by atoms with Crippen LogP contribution in [0.25, 0.3) is 0 Å². The summed E-state index contributed by atoms with van der Waals surface area (Å²) in [6.07, 6.45) is 3.80. The van der Waals surface area contributed by atoms with Gasteiger partial charge in [0.2, 0.25) is 5.43 Å². The molecule has 8 nitrogen and oxygen atoms in total. The Morgan fingerprint density at radius 1 is 1.23 bits per heavy atom. The van der Waals surface area contributed by atoms with Crippen LogP contribution in [0.3, 0.4) is 0 Å². The number of hydrogen-bond acceptors (Lipinski definition) is 9. The fourth-order valence-corrected chi connectivity index (χ4v) is 9.00. The van der Waals surface area contributed by atoms with Gasteiger partial charge in [0.05, 0.1) is 16.8 Å². The van der Waals surface area contributed by atoms with Gasteiger partial charge in [-0.2, -0.15) is 0 Å². The molecule has 0 unspecified atom stereocenters. The summed E-state index contributed by atoms with van der Waals surface area (Å²) in [7, 11) is 3.56. The molecule has 9 heteroatoms. The Kier molecular flexibility index (Phi) is 8.30. The average molecular weight is 561 g/mol. The summed E-state index contributed by atoms with van der Waals surface area (Å²) in [5.74, 6) is -0.653. The van der Waals surface area contributed by atoms with E-state index in [2.05, 4.69) is 32.7 Å². The van der Waals surface area contributed by atoms with E-state index in [4.69, 9.17) is 4.74 Å². The lowest BCUT2D eigenvalue weighted by Crippen LogP contribution is -2.63. The fourth-order valence-electron chi connectivity index (χ4n) is 8.06. The van der Waals surface area contributed by atoms with Crippen LogP contribution in [0.4, 0.5) is 5.69 Å². The first-order valence-corrected chi connectivity index (χ1v) is 15.1. The Balaban J connectivity index is 1.62. The van der Waals surface area contributed by atoms with Gasteiger partial charge in [0.15, 0.2) is 0 Å². The molecule has 1 aromatic rings. The lowest BCUT2D eigenvalue weighted by Gasteiger charge is -2.61. The maximum Gasteiger partial charge on any atom is 0.316 e. The summed E-state index contributed by atoms with van der Waals surface area (Å²) in [6.45, 7) is 13.5. The lowest BCUT2D eigenvalue weighted by molar-refractivity contribution is -0.205. The molecule has 216 valence electrons. The maximum absolute atomic E-state index is 13.5. The van der Waals surface area contributed by atoms with E-state index in [1.807, 2.05) is 14.0 Å². The number of esters is 1. The number of aliphatic hydroxyl groups excluding tert-OH is 1. The van der Waals surface area contributed by atoms with Crippen LogP contribution in [-0.2, 0) is 14.3 Å². The Labute approximate surface area is 235 Å². The van der Waals surface area contributed by atoms with Gasteiger partial charge in [-0.25, -0.2) is 0 Å². The van der Waals surface area contributed by atoms with Gasteiger partial charge < -0.3 is 20.1 Å². The molecule has 0 radical (unpaired) electrons. The van der Waals surface area contributed by atoms with Crippen molar-refractivity contribution in [2.24, 2.45) is 34.0 Å². The third-order valence-electron chi connectivity index (χ3n) is 10.8. The second kappa shape index (κ2) is 10.8. The average Bonchev–Trinajstić information content (AvgIpc) is 3.27. The molecule has 1 aromatic carbocycles. The van der Waals surface area contributed by atoms with Gasteiger partial charge in [0.1, 0.15) is 17.6 Å². The molecule has 3 fully saturated rings. The number of nitrogens with one attached hydrogen (secondary N) is 1. The standard InChI is InChI=1S/C30H44N2O6S/c1-8-28(4)15-20(38-21(34)16-39-25-22(23(35)24(25)36)32(7)14-13-31-6)29(5)17(2)9-11-30(18(3)27(28)37)12-10-19(33)26(29)30/h8,17-18,20,26-27,31,37H,1,9-16H2,2-7H3/t17-,18+,20-,26+,27+,28-,29+,30+/m1/s1. The molecule has 2 N–H and O–H groups in total. The van der Waals surface area contributed by atoms with Crippen LogP contribution in [0, 0.1) is 34.0 Å². The molecule has 3 aliphatic carbocycles. The van der Waals surface area contributed by atoms with E-state index in [-0.39, 0.29) is 39.6 Å². The number of Topliss-reactive ketones (excluding diaryl/α,β-unsaturated/α-hetero) is 1. The van der Waals surface area contributed by atoms with Gasteiger partial charge in [0.25, 0.3) is 5.43 Å². The molecule has 4 rings (SSSR count). The van der Waals surface area contributed by atoms with Crippen LogP contribution in [0.5, 0.6) is 0 Å². The number of rotatable bonds is 9. The number of likely N-dealkylation sites (N-methyl/N-ethyl adjacent to an activating group) is 2. The Morgan fingerprint density at radius 3 is 2.56 bits per heavy atom. The van der Waals surface area contributed by atoms with Crippen molar-refractivity contribution in [3.05, 3.63) is 33.1 Å².